The van der Waals surface area contributed by atoms with E-state index in [1.54, 1.807) is 12.1 Å². The molecule has 1 aromatic carbocycles. The van der Waals surface area contributed by atoms with E-state index in [1.807, 2.05) is 13.0 Å². The number of benzene rings is 1. The van der Waals surface area contributed by atoms with E-state index in [-0.39, 0.29) is 9.92 Å². The van der Waals surface area contributed by atoms with Gasteiger partial charge in [-0.15, -0.1) is 0 Å². The second-order valence-corrected chi connectivity index (χ2v) is 7.51. The molecular formula is C14H21ClN2O2S. The molecule has 6 heteroatoms. The van der Waals surface area contributed by atoms with Crippen molar-refractivity contribution >= 4 is 21.6 Å². The molecule has 1 aliphatic carbocycles. The summed E-state index contributed by atoms with van der Waals surface area (Å²) in [5.74, 6) is 1.08. The highest BCUT2D eigenvalue weighted by Gasteiger charge is 2.33. The Hall–Kier alpha value is -0.620. The van der Waals surface area contributed by atoms with Gasteiger partial charge in [0.1, 0.15) is 4.90 Å². The molecular weight excluding hydrogens is 296 g/mol. The van der Waals surface area contributed by atoms with Crippen molar-refractivity contribution < 1.29 is 8.42 Å². The van der Waals surface area contributed by atoms with Crippen LogP contribution in [0.2, 0.25) is 5.02 Å². The van der Waals surface area contributed by atoms with Crippen LogP contribution in [0.1, 0.15) is 25.8 Å². The van der Waals surface area contributed by atoms with Gasteiger partial charge in [-0.3, -0.25) is 0 Å². The normalized spacial score (nSPS) is 21.9. The number of rotatable bonds is 7. The van der Waals surface area contributed by atoms with Gasteiger partial charge in [-0.25, -0.2) is 13.1 Å². The van der Waals surface area contributed by atoms with Gasteiger partial charge >= 0.3 is 0 Å². The minimum atomic E-state index is -3.53. The summed E-state index contributed by atoms with van der Waals surface area (Å²) in [6, 6.07) is 5.12. The number of hydrogen-bond acceptors (Lipinski definition) is 3. The molecule has 0 spiro atoms. The van der Waals surface area contributed by atoms with Crippen molar-refractivity contribution in [3.63, 3.8) is 0 Å². The minimum Gasteiger partial charge on any atom is -0.313 e. The molecule has 0 amide bonds. The summed E-state index contributed by atoms with van der Waals surface area (Å²) in [4.78, 5) is 0.169. The van der Waals surface area contributed by atoms with Crippen molar-refractivity contribution in [2.75, 3.05) is 13.1 Å². The Morgan fingerprint density at radius 1 is 1.40 bits per heavy atom. The zero-order chi connectivity index (χ0) is 14.8. The van der Waals surface area contributed by atoms with Crippen molar-refractivity contribution in [1.82, 2.24) is 10.0 Å². The Morgan fingerprint density at radius 3 is 2.70 bits per heavy atom. The predicted octanol–water partition coefficient (Wildman–Crippen LogP) is 2.38. The van der Waals surface area contributed by atoms with E-state index in [2.05, 4.69) is 17.0 Å². The van der Waals surface area contributed by atoms with Crippen LogP contribution in [-0.2, 0) is 16.6 Å². The molecule has 0 radical (unpaired) electrons. The monoisotopic (exact) mass is 316 g/mol. The molecule has 2 atom stereocenters. The van der Waals surface area contributed by atoms with Crippen LogP contribution in [0.15, 0.2) is 23.1 Å². The maximum Gasteiger partial charge on any atom is 0.242 e. The van der Waals surface area contributed by atoms with E-state index in [1.165, 1.54) is 0 Å². The van der Waals surface area contributed by atoms with Gasteiger partial charge in [-0.1, -0.05) is 31.5 Å². The van der Waals surface area contributed by atoms with E-state index in [0.717, 1.165) is 18.5 Å². The molecule has 0 saturated heterocycles. The first-order chi connectivity index (χ1) is 9.44. The SMILES string of the molecule is CCNCc1ccc(Cl)c(S(=O)(=O)NCC2CC2C)c1. The average molecular weight is 317 g/mol. The summed E-state index contributed by atoms with van der Waals surface area (Å²) in [5.41, 5.74) is 0.913. The van der Waals surface area contributed by atoms with Crippen LogP contribution in [0.4, 0.5) is 0 Å². The highest BCUT2D eigenvalue weighted by atomic mass is 35.5. The van der Waals surface area contributed by atoms with Gasteiger partial charge in [-0.05, 0) is 42.5 Å². The third-order valence-corrected chi connectivity index (χ3v) is 5.58. The summed E-state index contributed by atoms with van der Waals surface area (Å²) in [6.07, 6.45) is 1.09. The van der Waals surface area contributed by atoms with Gasteiger partial charge in [0.25, 0.3) is 0 Å². The molecule has 0 aromatic heterocycles. The smallest absolute Gasteiger partial charge is 0.242 e. The standard InChI is InChI=1S/C14H21ClN2O2S/c1-3-16-8-11-4-5-13(15)14(7-11)20(18,19)17-9-12-6-10(12)2/h4-5,7,10,12,16-17H,3,6,8-9H2,1-2H3. The fourth-order valence-corrected chi connectivity index (χ4v) is 3.75. The third-order valence-electron chi connectivity index (χ3n) is 3.68. The average Bonchev–Trinajstić information content (AvgIpc) is 3.11. The second-order valence-electron chi connectivity index (χ2n) is 5.37. The Balaban J connectivity index is 2.12. The Bertz CT molecular complexity index is 575. The van der Waals surface area contributed by atoms with Crippen LogP contribution in [0.25, 0.3) is 0 Å². The quantitative estimate of drug-likeness (QED) is 0.812. The molecule has 1 aromatic rings. The van der Waals surface area contributed by atoms with Gasteiger partial charge in [0.2, 0.25) is 10.0 Å². The molecule has 0 heterocycles. The topological polar surface area (TPSA) is 58.2 Å². The molecule has 0 aliphatic heterocycles. The van der Waals surface area contributed by atoms with Crippen LogP contribution in [0, 0.1) is 11.8 Å². The minimum absolute atomic E-state index is 0.169. The van der Waals surface area contributed by atoms with Crippen molar-refractivity contribution in [3.05, 3.63) is 28.8 Å². The van der Waals surface area contributed by atoms with E-state index in [4.69, 9.17) is 11.6 Å². The number of sulfonamides is 1. The molecule has 4 nitrogen and oxygen atoms in total. The molecule has 2 N–H and O–H groups in total. The Kier molecular flexibility index (Phi) is 5.07. The van der Waals surface area contributed by atoms with E-state index >= 15 is 0 Å². The zero-order valence-corrected chi connectivity index (χ0v) is 13.4. The number of halogens is 1. The van der Waals surface area contributed by atoms with Gasteiger partial charge in [0.15, 0.2) is 0 Å². The van der Waals surface area contributed by atoms with E-state index < -0.39 is 10.0 Å². The van der Waals surface area contributed by atoms with Gasteiger partial charge in [0.05, 0.1) is 5.02 Å². The van der Waals surface area contributed by atoms with E-state index in [9.17, 15) is 8.42 Å². The maximum absolute atomic E-state index is 12.3. The first-order valence-electron chi connectivity index (χ1n) is 6.93. The summed E-state index contributed by atoms with van der Waals surface area (Å²) in [6.45, 7) is 6.10. The van der Waals surface area contributed by atoms with Crippen LogP contribution in [0.3, 0.4) is 0 Å². The predicted molar refractivity (Wildman–Crippen MR) is 81.3 cm³/mol. The summed E-state index contributed by atoms with van der Waals surface area (Å²) < 4.78 is 27.3. The molecule has 1 aliphatic rings. The van der Waals surface area contributed by atoms with Crippen molar-refractivity contribution in [3.8, 4) is 0 Å². The maximum atomic E-state index is 12.3. The van der Waals surface area contributed by atoms with Crippen molar-refractivity contribution in [1.29, 1.82) is 0 Å². The third kappa shape index (κ3) is 3.95. The van der Waals surface area contributed by atoms with Crippen molar-refractivity contribution in [2.24, 2.45) is 11.8 Å². The lowest BCUT2D eigenvalue weighted by Crippen LogP contribution is -2.26. The fraction of sp³-hybridized carbons (Fsp3) is 0.571. The zero-order valence-electron chi connectivity index (χ0n) is 11.8. The first kappa shape index (κ1) is 15.8. The number of nitrogens with one attached hydrogen (secondary N) is 2. The highest BCUT2D eigenvalue weighted by molar-refractivity contribution is 7.89. The molecule has 2 unspecified atom stereocenters. The Labute approximate surface area is 126 Å². The molecule has 2 rings (SSSR count). The second kappa shape index (κ2) is 6.43. The summed E-state index contributed by atoms with van der Waals surface area (Å²) >= 11 is 6.03. The van der Waals surface area contributed by atoms with Gasteiger partial charge < -0.3 is 5.32 Å². The number of hydrogen-bond donors (Lipinski definition) is 2. The Morgan fingerprint density at radius 2 is 2.10 bits per heavy atom. The molecule has 20 heavy (non-hydrogen) atoms. The van der Waals surface area contributed by atoms with Crippen LogP contribution >= 0.6 is 11.6 Å². The lowest BCUT2D eigenvalue weighted by Gasteiger charge is -2.10. The molecule has 0 bridgehead atoms. The largest absolute Gasteiger partial charge is 0.313 e. The van der Waals surface area contributed by atoms with Gasteiger partial charge in [-0.2, -0.15) is 0 Å². The van der Waals surface area contributed by atoms with Crippen molar-refractivity contribution in [2.45, 2.75) is 31.7 Å². The van der Waals surface area contributed by atoms with Crippen LogP contribution in [0.5, 0.6) is 0 Å². The summed E-state index contributed by atoms with van der Waals surface area (Å²) in [7, 11) is -3.53. The van der Waals surface area contributed by atoms with Gasteiger partial charge in [0, 0.05) is 13.1 Å². The van der Waals surface area contributed by atoms with Crippen LogP contribution < -0.4 is 10.0 Å². The summed E-state index contributed by atoms with van der Waals surface area (Å²) in [5, 5.41) is 3.44. The molecule has 1 saturated carbocycles. The lowest BCUT2D eigenvalue weighted by atomic mass is 10.2. The van der Waals surface area contributed by atoms with Crippen LogP contribution in [-0.4, -0.2) is 21.5 Å². The highest BCUT2D eigenvalue weighted by Crippen LogP contribution is 2.37. The first-order valence-corrected chi connectivity index (χ1v) is 8.79. The lowest BCUT2D eigenvalue weighted by molar-refractivity contribution is 0.574. The molecule has 1 fully saturated rings. The fourth-order valence-electron chi connectivity index (χ4n) is 2.11. The molecule has 112 valence electrons. The van der Waals surface area contributed by atoms with E-state index in [0.29, 0.717) is 24.9 Å².